The molecule has 0 aliphatic carbocycles. The summed E-state index contributed by atoms with van der Waals surface area (Å²) in [7, 11) is 1.40. The number of hydrogen-bond acceptors (Lipinski definition) is 3. The average molecular weight is 222 g/mol. The molecular formula is C13H18O3. The summed E-state index contributed by atoms with van der Waals surface area (Å²) in [5.74, 6) is -0.350. The Morgan fingerprint density at radius 1 is 1.38 bits per heavy atom. The molecule has 3 nitrogen and oxygen atoms in total. The molecule has 0 radical (unpaired) electrons. The lowest BCUT2D eigenvalue weighted by atomic mass is 9.95. The second kappa shape index (κ2) is 7.01. The van der Waals surface area contributed by atoms with E-state index in [1.54, 1.807) is 0 Å². The molecule has 1 atom stereocenters. The maximum Gasteiger partial charge on any atom is 0.308 e. The highest BCUT2D eigenvalue weighted by atomic mass is 16.5. The number of carbonyl (C=O) groups is 1. The van der Waals surface area contributed by atoms with Gasteiger partial charge in [0.2, 0.25) is 0 Å². The van der Waals surface area contributed by atoms with Gasteiger partial charge in [0.15, 0.2) is 0 Å². The van der Waals surface area contributed by atoms with Gasteiger partial charge in [0.05, 0.1) is 13.0 Å². The number of hydrogen-bond donors (Lipinski definition) is 1. The molecule has 0 amide bonds. The van der Waals surface area contributed by atoms with Crippen LogP contribution in [0.25, 0.3) is 0 Å². The minimum atomic E-state index is -0.197. The van der Waals surface area contributed by atoms with Crippen LogP contribution >= 0.6 is 0 Å². The van der Waals surface area contributed by atoms with Crippen LogP contribution in [0.5, 0.6) is 0 Å². The largest absolute Gasteiger partial charge is 0.469 e. The van der Waals surface area contributed by atoms with E-state index in [1.807, 2.05) is 30.3 Å². The topological polar surface area (TPSA) is 46.5 Å². The summed E-state index contributed by atoms with van der Waals surface area (Å²) >= 11 is 0. The fourth-order valence-corrected chi connectivity index (χ4v) is 1.71. The van der Waals surface area contributed by atoms with E-state index in [9.17, 15) is 4.79 Å². The maximum atomic E-state index is 11.5. The lowest BCUT2D eigenvalue weighted by Gasteiger charge is -2.13. The van der Waals surface area contributed by atoms with Gasteiger partial charge in [-0.3, -0.25) is 4.79 Å². The maximum absolute atomic E-state index is 11.5. The highest BCUT2D eigenvalue weighted by Gasteiger charge is 2.18. The molecule has 0 fully saturated rings. The first-order valence-electron chi connectivity index (χ1n) is 5.50. The highest BCUT2D eigenvalue weighted by molar-refractivity contribution is 5.72. The number of rotatable bonds is 6. The van der Waals surface area contributed by atoms with E-state index in [0.29, 0.717) is 19.3 Å². The van der Waals surface area contributed by atoms with Crippen LogP contribution in [-0.4, -0.2) is 24.8 Å². The fourth-order valence-electron chi connectivity index (χ4n) is 1.71. The van der Waals surface area contributed by atoms with Gasteiger partial charge in [0.25, 0.3) is 0 Å². The standard InChI is InChI=1S/C13H18O3/c1-16-13(15)12(8-5-9-14)10-11-6-3-2-4-7-11/h2-4,6-7,12,14H,5,8-10H2,1H3. The first-order valence-corrected chi connectivity index (χ1v) is 5.50. The molecule has 88 valence electrons. The van der Waals surface area contributed by atoms with Gasteiger partial charge in [-0.25, -0.2) is 0 Å². The van der Waals surface area contributed by atoms with E-state index in [4.69, 9.17) is 9.84 Å². The monoisotopic (exact) mass is 222 g/mol. The second-order valence-corrected chi connectivity index (χ2v) is 3.78. The predicted molar refractivity (Wildman–Crippen MR) is 62.0 cm³/mol. The Labute approximate surface area is 96.1 Å². The zero-order chi connectivity index (χ0) is 11.8. The third kappa shape index (κ3) is 4.03. The Kier molecular flexibility index (Phi) is 5.57. The van der Waals surface area contributed by atoms with Gasteiger partial charge in [0.1, 0.15) is 0 Å². The Morgan fingerprint density at radius 2 is 2.06 bits per heavy atom. The molecule has 0 saturated heterocycles. The van der Waals surface area contributed by atoms with Gasteiger partial charge in [-0.05, 0) is 24.8 Å². The molecule has 0 spiro atoms. The van der Waals surface area contributed by atoms with Crippen LogP contribution in [0.4, 0.5) is 0 Å². The van der Waals surface area contributed by atoms with Crippen molar-refractivity contribution in [1.82, 2.24) is 0 Å². The van der Waals surface area contributed by atoms with Crippen molar-refractivity contribution < 1.29 is 14.6 Å². The number of ether oxygens (including phenoxy) is 1. The molecule has 0 aromatic heterocycles. The summed E-state index contributed by atoms with van der Waals surface area (Å²) in [5.41, 5.74) is 1.12. The SMILES string of the molecule is COC(=O)C(CCCO)Cc1ccccc1. The van der Waals surface area contributed by atoms with Gasteiger partial charge in [-0.15, -0.1) is 0 Å². The van der Waals surface area contributed by atoms with E-state index in [2.05, 4.69) is 0 Å². The number of carbonyl (C=O) groups excluding carboxylic acids is 1. The number of esters is 1. The van der Waals surface area contributed by atoms with Gasteiger partial charge in [0, 0.05) is 6.61 Å². The van der Waals surface area contributed by atoms with Crippen LogP contribution in [0.15, 0.2) is 30.3 Å². The Bertz CT molecular complexity index is 308. The summed E-state index contributed by atoms with van der Waals surface area (Å²) < 4.78 is 4.76. The van der Waals surface area contributed by atoms with Crippen molar-refractivity contribution >= 4 is 5.97 Å². The predicted octanol–water partition coefficient (Wildman–Crippen LogP) is 1.79. The zero-order valence-corrected chi connectivity index (χ0v) is 9.56. The average Bonchev–Trinajstić information content (AvgIpc) is 2.34. The van der Waals surface area contributed by atoms with Crippen molar-refractivity contribution in [3.63, 3.8) is 0 Å². The van der Waals surface area contributed by atoms with Crippen molar-refractivity contribution in [1.29, 1.82) is 0 Å². The van der Waals surface area contributed by atoms with Crippen molar-refractivity contribution in [3.05, 3.63) is 35.9 Å². The third-order valence-corrected chi connectivity index (χ3v) is 2.57. The Hall–Kier alpha value is -1.35. The lowest BCUT2D eigenvalue weighted by molar-refractivity contribution is -0.145. The zero-order valence-electron chi connectivity index (χ0n) is 9.56. The molecule has 16 heavy (non-hydrogen) atoms. The minimum Gasteiger partial charge on any atom is -0.469 e. The summed E-state index contributed by atoms with van der Waals surface area (Å²) in [5, 5.41) is 8.78. The van der Waals surface area contributed by atoms with E-state index >= 15 is 0 Å². The van der Waals surface area contributed by atoms with Crippen molar-refractivity contribution in [2.45, 2.75) is 19.3 Å². The van der Waals surface area contributed by atoms with Crippen molar-refractivity contribution in [3.8, 4) is 0 Å². The molecule has 3 heteroatoms. The van der Waals surface area contributed by atoms with Gasteiger partial charge < -0.3 is 9.84 Å². The first kappa shape index (κ1) is 12.7. The highest BCUT2D eigenvalue weighted by Crippen LogP contribution is 2.15. The van der Waals surface area contributed by atoms with Crippen LogP contribution < -0.4 is 0 Å². The lowest BCUT2D eigenvalue weighted by Crippen LogP contribution is -2.19. The Balaban J connectivity index is 2.59. The second-order valence-electron chi connectivity index (χ2n) is 3.78. The first-order chi connectivity index (χ1) is 7.77. The molecule has 1 unspecified atom stereocenters. The molecule has 1 aromatic carbocycles. The fraction of sp³-hybridized carbons (Fsp3) is 0.462. The minimum absolute atomic E-state index is 0.113. The summed E-state index contributed by atoms with van der Waals surface area (Å²) in [6.45, 7) is 0.113. The van der Waals surface area contributed by atoms with Crippen molar-refractivity contribution in [2.75, 3.05) is 13.7 Å². The molecule has 0 saturated carbocycles. The number of methoxy groups -OCH3 is 1. The summed E-state index contributed by atoms with van der Waals surface area (Å²) in [6, 6.07) is 9.85. The Morgan fingerprint density at radius 3 is 2.62 bits per heavy atom. The number of aliphatic hydroxyl groups is 1. The molecular weight excluding hydrogens is 204 g/mol. The third-order valence-electron chi connectivity index (χ3n) is 2.57. The molecule has 0 heterocycles. The number of benzene rings is 1. The normalized spacial score (nSPS) is 12.1. The smallest absolute Gasteiger partial charge is 0.308 e. The van der Waals surface area contributed by atoms with Crippen LogP contribution in [0.1, 0.15) is 18.4 Å². The van der Waals surface area contributed by atoms with E-state index < -0.39 is 0 Å². The van der Waals surface area contributed by atoms with E-state index in [0.717, 1.165) is 5.56 Å². The van der Waals surface area contributed by atoms with Gasteiger partial charge in [-0.1, -0.05) is 30.3 Å². The summed E-state index contributed by atoms with van der Waals surface area (Å²) in [4.78, 5) is 11.5. The van der Waals surface area contributed by atoms with Gasteiger partial charge >= 0.3 is 5.97 Å². The molecule has 1 rings (SSSR count). The molecule has 1 aromatic rings. The van der Waals surface area contributed by atoms with Crippen LogP contribution in [0.2, 0.25) is 0 Å². The van der Waals surface area contributed by atoms with E-state index in [-0.39, 0.29) is 18.5 Å². The van der Waals surface area contributed by atoms with Crippen LogP contribution in [-0.2, 0) is 16.0 Å². The summed E-state index contributed by atoms with van der Waals surface area (Å²) in [6.07, 6.45) is 1.97. The molecule has 0 bridgehead atoms. The molecule has 0 aliphatic rings. The van der Waals surface area contributed by atoms with Gasteiger partial charge in [-0.2, -0.15) is 0 Å². The molecule has 1 N–H and O–H groups in total. The quantitative estimate of drug-likeness (QED) is 0.746. The van der Waals surface area contributed by atoms with Crippen LogP contribution in [0, 0.1) is 5.92 Å². The van der Waals surface area contributed by atoms with Crippen LogP contribution in [0.3, 0.4) is 0 Å². The van der Waals surface area contributed by atoms with E-state index in [1.165, 1.54) is 7.11 Å². The van der Waals surface area contributed by atoms with Crippen molar-refractivity contribution in [2.24, 2.45) is 5.92 Å². The number of aliphatic hydroxyl groups excluding tert-OH is 1. The molecule has 0 aliphatic heterocycles.